The molecule has 0 heterocycles. The first-order valence-electron chi connectivity index (χ1n) is 8.78. The molecule has 0 radical (unpaired) electrons. The van der Waals surface area contributed by atoms with Crippen LogP contribution in [0.5, 0.6) is 0 Å². The molecule has 0 amide bonds. The predicted molar refractivity (Wildman–Crippen MR) is 105 cm³/mol. The van der Waals surface area contributed by atoms with E-state index < -0.39 is 23.2 Å². The average molecular weight is 408 g/mol. The van der Waals surface area contributed by atoms with E-state index in [1.807, 2.05) is 0 Å². The molecule has 0 fully saturated rings. The monoisotopic (exact) mass is 406 g/mol. The molecular weight excluding hydrogens is 383 g/mol. The fraction of sp³-hybridized carbons (Fsp3) is 0.273. The molecule has 2 atom stereocenters. The van der Waals surface area contributed by atoms with Gasteiger partial charge in [-0.2, -0.15) is 0 Å². The Morgan fingerprint density at radius 1 is 0.680 bits per heavy atom. The SMILES string of the molecule is CN(C)c1ccc2c(c1)C=C[CH]2[Zr][CH]1C=Cc2cc(N(C)C)ccc21. The normalized spacial score (nSPS) is 19.7. The molecule has 0 saturated carbocycles. The quantitative estimate of drug-likeness (QED) is 0.722. The molecule has 2 aromatic rings. The van der Waals surface area contributed by atoms with Gasteiger partial charge in [-0.3, -0.25) is 0 Å². The molecule has 2 unspecified atom stereocenters. The van der Waals surface area contributed by atoms with E-state index in [2.05, 4.69) is 98.7 Å². The van der Waals surface area contributed by atoms with Gasteiger partial charge in [-0.05, 0) is 0 Å². The Balaban J connectivity index is 1.55. The van der Waals surface area contributed by atoms with Crippen molar-refractivity contribution in [1.82, 2.24) is 0 Å². The van der Waals surface area contributed by atoms with Gasteiger partial charge in [0.25, 0.3) is 0 Å². The van der Waals surface area contributed by atoms with Crippen LogP contribution in [0, 0.1) is 0 Å². The summed E-state index contributed by atoms with van der Waals surface area (Å²) in [7, 11) is 8.43. The Kier molecular flexibility index (Phi) is 4.45. The van der Waals surface area contributed by atoms with Gasteiger partial charge in [-0.15, -0.1) is 0 Å². The number of hydrogen-bond donors (Lipinski definition) is 0. The third-order valence-corrected chi connectivity index (χ3v) is 9.38. The van der Waals surface area contributed by atoms with Gasteiger partial charge >= 0.3 is 163 Å². The molecule has 0 spiro atoms. The van der Waals surface area contributed by atoms with Crippen LogP contribution in [-0.2, 0) is 23.2 Å². The summed E-state index contributed by atoms with van der Waals surface area (Å²) >= 11 is -0.646. The van der Waals surface area contributed by atoms with Gasteiger partial charge in [-0.1, -0.05) is 0 Å². The van der Waals surface area contributed by atoms with Crippen molar-refractivity contribution in [3.05, 3.63) is 70.8 Å². The minimum atomic E-state index is -0.646. The third-order valence-electron chi connectivity index (χ3n) is 5.14. The molecule has 0 N–H and O–H groups in total. The Labute approximate surface area is 162 Å². The van der Waals surface area contributed by atoms with Crippen molar-refractivity contribution in [2.75, 3.05) is 38.0 Å². The Morgan fingerprint density at radius 2 is 1.12 bits per heavy atom. The van der Waals surface area contributed by atoms with Crippen LogP contribution in [0.15, 0.2) is 48.6 Å². The van der Waals surface area contributed by atoms with Gasteiger partial charge in [0, 0.05) is 0 Å². The molecule has 2 aliphatic rings. The van der Waals surface area contributed by atoms with E-state index in [9.17, 15) is 0 Å². The summed E-state index contributed by atoms with van der Waals surface area (Å²) in [5.74, 6) is 0. The molecule has 25 heavy (non-hydrogen) atoms. The number of fused-ring (bicyclic) bond motifs is 2. The zero-order chi connectivity index (χ0) is 17.6. The van der Waals surface area contributed by atoms with Gasteiger partial charge in [0.15, 0.2) is 0 Å². The summed E-state index contributed by atoms with van der Waals surface area (Å²) in [6.07, 6.45) is 9.58. The molecular formula is C22H24N2Zr. The van der Waals surface area contributed by atoms with E-state index >= 15 is 0 Å². The van der Waals surface area contributed by atoms with Gasteiger partial charge in [0.2, 0.25) is 0 Å². The van der Waals surface area contributed by atoms with E-state index in [0.717, 1.165) is 0 Å². The van der Waals surface area contributed by atoms with Crippen LogP contribution >= 0.6 is 0 Å². The summed E-state index contributed by atoms with van der Waals surface area (Å²) in [4.78, 5) is 4.36. The summed E-state index contributed by atoms with van der Waals surface area (Å²) in [5.41, 5.74) is 8.51. The van der Waals surface area contributed by atoms with Crippen LogP contribution < -0.4 is 9.80 Å². The number of nitrogens with zero attached hydrogens (tertiary/aromatic N) is 2. The summed E-state index contributed by atoms with van der Waals surface area (Å²) in [6.45, 7) is 0. The number of anilines is 2. The van der Waals surface area contributed by atoms with Gasteiger partial charge < -0.3 is 0 Å². The summed E-state index contributed by atoms with van der Waals surface area (Å²) < 4.78 is 1.37. The maximum atomic E-state index is 2.45. The molecule has 0 aliphatic heterocycles. The standard InChI is InChI=1S/2C11H12N.Zr/c2*1-12(2)11-7-6-9-4-3-5-10(9)8-11;/h2*3-8H,1-2H3;. The second kappa shape index (κ2) is 6.61. The molecule has 0 aromatic heterocycles. The van der Waals surface area contributed by atoms with Crippen molar-refractivity contribution < 1.29 is 23.2 Å². The molecule has 4 rings (SSSR count). The fourth-order valence-corrected chi connectivity index (χ4v) is 7.77. The van der Waals surface area contributed by atoms with Crippen molar-refractivity contribution in [2.24, 2.45) is 0 Å². The van der Waals surface area contributed by atoms with E-state index in [0.29, 0.717) is 7.25 Å². The Morgan fingerprint density at radius 3 is 1.52 bits per heavy atom. The van der Waals surface area contributed by atoms with Crippen LogP contribution in [0.2, 0.25) is 0 Å². The fourth-order valence-electron chi connectivity index (χ4n) is 3.63. The van der Waals surface area contributed by atoms with E-state index in [1.165, 1.54) is 22.5 Å². The first kappa shape index (κ1) is 16.8. The Bertz CT molecular complexity index is 793. The van der Waals surface area contributed by atoms with E-state index in [-0.39, 0.29) is 0 Å². The van der Waals surface area contributed by atoms with E-state index in [4.69, 9.17) is 0 Å². The molecule has 2 aromatic carbocycles. The molecule has 0 bridgehead atoms. The second-order valence-electron chi connectivity index (χ2n) is 7.26. The number of allylic oxidation sites excluding steroid dienone is 2. The zero-order valence-corrected chi connectivity index (χ0v) is 17.8. The topological polar surface area (TPSA) is 6.48 Å². The van der Waals surface area contributed by atoms with E-state index in [1.54, 1.807) is 11.1 Å². The minimum absolute atomic E-state index is 0.646. The Hall–Kier alpha value is -1.60. The molecule has 3 heteroatoms. The maximum absolute atomic E-state index is 2.45. The summed E-state index contributed by atoms with van der Waals surface area (Å²) in [6, 6.07) is 13.9. The van der Waals surface area contributed by atoms with Crippen LogP contribution in [0.4, 0.5) is 11.4 Å². The number of benzene rings is 2. The molecule has 2 aliphatic carbocycles. The molecule has 126 valence electrons. The van der Waals surface area contributed by atoms with Crippen LogP contribution in [0.1, 0.15) is 29.5 Å². The van der Waals surface area contributed by atoms with Crippen molar-refractivity contribution in [1.29, 1.82) is 0 Å². The van der Waals surface area contributed by atoms with Crippen LogP contribution in [0.3, 0.4) is 0 Å². The van der Waals surface area contributed by atoms with Crippen molar-refractivity contribution in [3.63, 3.8) is 0 Å². The first-order chi connectivity index (χ1) is 12.0. The van der Waals surface area contributed by atoms with Gasteiger partial charge in [-0.25, -0.2) is 0 Å². The van der Waals surface area contributed by atoms with Crippen molar-refractivity contribution in [3.8, 4) is 0 Å². The molecule has 0 saturated heterocycles. The van der Waals surface area contributed by atoms with Crippen molar-refractivity contribution >= 4 is 23.5 Å². The second-order valence-corrected chi connectivity index (χ2v) is 11.1. The van der Waals surface area contributed by atoms with Crippen molar-refractivity contribution in [2.45, 2.75) is 7.25 Å². The zero-order valence-electron chi connectivity index (χ0n) is 15.3. The summed E-state index contributed by atoms with van der Waals surface area (Å²) in [5, 5.41) is 0. The molecule has 2 nitrogen and oxygen atoms in total. The first-order valence-corrected chi connectivity index (χ1v) is 11.6. The number of rotatable bonds is 4. The number of hydrogen-bond acceptors (Lipinski definition) is 2. The third kappa shape index (κ3) is 3.15. The predicted octanol–water partition coefficient (Wildman–Crippen LogP) is 4.74. The van der Waals surface area contributed by atoms with Crippen LogP contribution in [0.25, 0.3) is 12.2 Å². The van der Waals surface area contributed by atoms with Crippen LogP contribution in [-0.4, -0.2) is 28.2 Å². The van der Waals surface area contributed by atoms with Gasteiger partial charge in [0.05, 0.1) is 0 Å². The average Bonchev–Trinajstić information content (AvgIpc) is 3.18. The van der Waals surface area contributed by atoms with Gasteiger partial charge in [0.1, 0.15) is 0 Å².